The molecular weight excluding hydrogens is 520 g/mol. The van der Waals surface area contributed by atoms with Gasteiger partial charge in [-0.1, -0.05) is 35.9 Å². The second-order valence-electron chi connectivity index (χ2n) is 8.42. The van der Waals surface area contributed by atoms with E-state index in [1.807, 2.05) is 31.2 Å². The van der Waals surface area contributed by atoms with Crippen LogP contribution in [0, 0.1) is 18.3 Å². The van der Waals surface area contributed by atoms with Crippen molar-refractivity contribution in [2.45, 2.75) is 11.8 Å². The summed E-state index contributed by atoms with van der Waals surface area (Å²) in [6.45, 7) is 1.95. The highest BCUT2D eigenvalue weighted by Crippen LogP contribution is 2.43. The first kappa shape index (κ1) is 24.9. The highest BCUT2D eigenvalue weighted by atomic mass is 32.2. The average molecular weight is 541 g/mol. The van der Waals surface area contributed by atoms with Crippen LogP contribution in [0.4, 0.5) is 17.3 Å². The molecule has 188 valence electrons. The molecule has 11 heteroatoms. The molecule has 3 aromatic heterocycles. The van der Waals surface area contributed by atoms with E-state index in [4.69, 9.17) is 11.5 Å². The lowest BCUT2D eigenvalue weighted by Gasteiger charge is -2.10. The Bertz CT molecular complexity index is 1840. The number of nitrogens with two attached hydrogens (primary N) is 2. The first-order valence-corrected chi connectivity index (χ1v) is 13.6. The van der Waals surface area contributed by atoms with E-state index in [1.165, 1.54) is 36.5 Å². The number of thiophene rings is 1. The fourth-order valence-corrected chi connectivity index (χ4v) is 6.08. The number of rotatable bonds is 6. The molecule has 38 heavy (non-hydrogen) atoms. The Labute approximate surface area is 222 Å². The number of fused-ring (bicyclic) bond motifs is 1. The zero-order valence-electron chi connectivity index (χ0n) is 20.0. The van der Waals surface area contributed by atoms with Gasteiger partial charge in [-0.3, -0.25) is 9.52 Å². The van der Waals surface area contributed by atoms with Crippen LogP contribution in [0.5, 0.6) is 0 Å². The smallest absolute Gasteiger partial charge is 0.263 e. The minimum absolute atomic E-state index is 0.0289. The highest BCUT2D eigenvalue weighted by molar-refractivity contribution is 7.92. The van der Waals surface area contributed by atoms with Crippen molar-refractivity contribution in [2.75, 3.05) is 16.2 Å². The number of nitrogen functional groups attached to an aromatic ring is 2. The van der Waals surface area contributed by atoms with Crippen molar-refractivity contribution in [1.29, 1.82) is 5.26 Å². The summed E-state index contributed by atoms with van der Waals surface area (Å²) in [7, 11) is -3.90. The molecule has 0 unspecified atom stereocenters. The molecule has 5 rings (SSSR count). The van der Waals surface area contributed by atoms with Crippen LogP contribution in [0.3, 0.4) is 0 Å². The molecule has 0 bridgehead atoms. The number of carbonyl (C=O) groups is 1. The number of pyridine rings is 2. The Morgan fingerprint density at radius 3 is 2.37 bits per heavy atom. The Hall–Kier alpha value is -4.79. The molecule has 0 spiro atoms. The number of nitrogens with one attached hydrogen (secondary N) is 1. The van der Waals surface area contributed by atoms with Crippen molar-refractivity contribution < 1.29 is 13.2 Å². The van der Waals surface area contributed by atoms with Crippen molar-refractivity contribution in [2.24, 2.45) is 0 Å². The molecule has 0 radical (unpaired) electrons. The van der Waals surface area contributed by atoms with E-state index in [1.54, 1.807) is 12.1 Å². The number of hydrogen-bond acceptors (Lipinski definition) is 9. The molecule has 0 aliphatic rings. The second kappa shape index (κ2) is 9.59. The third-order valence-corrected chi connectivity index (χ3v) is 8.36. The van der Waals surface area contributed by atoms with Crippen LogP contribution in [0.15, 0.2) is 77.8 Å². The zero-order chi connectivity index (χ0) is 27.0. The summed E-state index contributed by atoms with van der Waals surface area (Å²) >= 11 is 1.07. The number of aryl methyl sites for hydroxylation is 1. The number of carbonyl (C=O) groups excluding carboxylic acids is 1. The molecule has 3 heterocycles. The number of anilines is 3. The van der Waals surface area contributed by atoms with E-state index in [0.29, 0.717) is 15.8 Å². The van der Waals surface area contributed by atoms with Crippen LogP contribution in [0.1, 0.15) is 26.4 Å². The van der Waals surface area contributed by atoms with Gasteiger partial charge in [-0.05, 0) is 48.9 Å². The number of hydrogen-bond donors (Lipinski definition) is 3. The molecule has 0 saturated carbocycles. The summed E-state index contributed by atoms with van der Waals surface area (Å²) in [5.41, 5.74) is 15.5. The lowest BCUT2D eigenvalue weighted by molar-refractivity contribution is 0.104. The fraction of sp³-hybridized carbons (Fsp3) is 0.0370. The molecule has 0 atom stereocenters. The molecule has 0 amide bonds. The van der Waals surface area contributed by atoms with Crippen LogP contribution >= 0.6 is 11.3 Å². The minimum Gasteiger partial charge on any atom is -0.397 e. The topological polar surface area (TPSA) is 165 Å². The maximum atomic E-state index is 13.5. The summed E-state index contributed by atoms with van der Waals surface area (Å²) < 4.78 is 27.8. The van der Waals surface area contributed by atoms with E-state index in [-0.39, 0.29) is 38.2 Å². The number of sulfonamides is 1. The normalized spacial score (nSPS) is 11.3. The van der Waals surface area contributed by atoms with Gasteiger partial charge in [0.15, 0.2) is 0 Å². The molecule has 2 aromatic carbocycles. The van der Waals surface area contributed by atoms with E-state index in [9.17, 15) is 18.5 Å². The first-order valence-electron chi connectivity index (χ1n) is 11.3. The Morgan fingerprint density at radius 2 is 1.74 bits per heavy atom. The van der Waals surface area contributed by atoms with Crippen LogP contribution in [-0.4, -0.2) is 24.2 Å². The molecular formula is C27H20N6O3S2. The zero-order valence-corrected chi connectivity index (χ0v) is 21.6. The standard InChI is InChI=1S/C27H20N6O3S2/c1-15-5-7-16(8-6-15)21-19(14-28)26(30)32-27-22(21)23(29)25(37-27)24(34)17-9-11-18(12-10-17)38(35,36)33-20-4-2-3-13-31-20/h2-13H,29H2,1H3,(H2,30,32)(H,31,33). The number of benzene rings is 2. The third-order valence-electron chi connectivity index (χ3n) is 5.89. The van der Waals surface area contributed by atoms with E-state index >= 15 is 0 Å². The van der Waals surface area contributed by atoms with Crippen LogP contribution in [-0.2, 0) is 10.0 Å². The number of nitrogens with zero attached hydrogens (tertiary/aromatic N) is 3. The Kier molecular flexibility index (Phi) is 6.28. The third kappa shape index (κ3) is 4.43. The van der Waals surface area contributed by atoms with Gasteiger partial charge in [-0.2, -0.15) is 5.26 Å². The van der Waals surface area contributed by atoms with E-state index in [2.05, 4.69) is 20.8 Å². The predicted molar refractivity (Wildman–Crippen MR) is 148 cm³/mol. The van der Waals surface area contributed by atoms with Crippen molar-refractivity contribution in [1.82, 2.24) is 9.97 Å². The van der Waals surface area contributed by atoms with Gasteiger partial charge in [0, 0.05) is 22.7 Å². The lowest BCUT2D eigenvalue weighted by Crippen LogP contribution is -2.14. The largest absolute Gasteiger partial charge is 0.397 e. The number of aromatic nitrogens is 2. The highest BCUT2D eigenvalue weighted by Gasteiger charge is 2.25. The Balaban J connectivity index is 1.55. The average Bonchev–Trinajstić information content (AvgIpc) is 3.23. The van der Waals surface area contributed by atoms with Gasteiger partial charge in [0.2, 0.25) is 5.78 Å². The quantitative estimate of drug-likeness (QED) is 0.260. The molecule has 0 aliphatic heterocycles. The minimum atomic E-state index is -3.90. The van der Waals surface area contributed by atoms with Gasteiger partial charge in [-0.25, -0.2) is 18.4 Å². The van der Waals surface area contributed by atoms with Crippen molar-refractivity contribution in [3.63, 3.8) is 0 Å². The summed E-state index contributed by atoms with van der Waals surface area (Å²) in [4.78, 5) is 22.4. The lowest BCUT2D eigenvalue weighted by atomic mass is 9.96. The second-order valence-corrected chi connectivity index (χ2v) is 11.1. The maximum absolute atomic E-state index is 13.5. The van der Waals surface area contributed by atoms with Crippen molar-refractivity contribution in [3.8, 4) is 17.2 Å². The van der Waals surface area contributed by atoms with E-state index < -0.39 is 15.8 Å². The summed E-state index contributed by atoms with van der Waals surface area (Å²) in [5, 5.41) is 10.3. The first-order chi connectivity index (χ1) is 18.2. The summed E-state index contributed by atoms with van der Waals surface area (Å²) in [6.07, 6.45) is 1.47. The Morgan fingerprint density at radius 1 is 1.03 bits per heavy atom. The molecule has 0 saturated heterocycles. The predicted octanol–water partition coefficient (Wildman–Crippen LogP) is 4.73. The molecule has 9 nitrogen and oxygen atoms in total. The summed E-state index contributed by atoms with van der Waals surface area (Å²) in [6, 6.07) is 20.0. The molecule has 0 aliphatic carbocycles. The van der Waals surface area contributed by atoms with Gasteiger partial charge < -0.3 is 11.5 Å². The van der Waals surface area contributed by atoms with Crippen molar-refractivity contribution >= 4 is 54.7 Å². The van der Waals surface area contributed by atoms with Crippen LogP contribution in [0.25, 0.3) is 21.3 Å². The van der Waals surface area contributed by atoms with Gasteiger partial charge in [0.05, 0.1) is 10.6 Å². The van der Waals surface area contributed by atoms with Gasteiger partial charge in [-0.15, -0.1) is 11.3 Å². The monoisotopic (exact) mass is 540 g/mol. The summed E-state index contributed by atoms with van der Waals surface area (Å²) in [5.74, 6) is -0.177. The van der Waals surface area contributed by atoms with Crippen LogP contribution < -0.4 is 16.2 Å². The molecule has 5 aromatic rings. The molecule has 5 N–H and O–H groups in total. The molecule has 0 fully saturated rings. The van der Waals surface area contributed by atoms with Crippen LogP contribution in [0.2, 0.25) is 0 Å². The van der Waals surface area contributed by atoms with E-state index in [0.717, 1.165) is 22.5 Å². The van der Waals surface area contributed by atoms with Gasteiger partial charge in [0.1, 0.15) is 33.0 Å². The van der Waals surface area contributed by atoms with Gasteiger partial charge >= 0.3 is 0 Å². The SMILES string of the molecule is Cc1ccc(-c2c(C#N)c(N)nc3sc(C(=O)c4ccc(S(=O)(=O)Nc5ccccn5)cc4)c(N)c23)cc1. The number of ketones is 1. The van der Waals surface area contributed by atoms with Crippen molar-refractivity contribution in [3.05, 3.63) is 94.5 Å². The van der Waals surface area contributed by atoms with Gasteiger partial charge in [0.25, 0.3) is 10.0 Å². The fourth-order valence-electron chi connectivity index (χ4n) is 4.00. The maximum Gasteiger partial charge on any atom is 0.263 e. The number of nitriles is 1.